The van der Waals surface area contributed by atoms with Crippen molar-refractivity contribution in [2.45, 2.75) is 0 Å². The minimum atomic E-state index is 0.738. The number of nitrogens with zero attached hydrogens (tertiary/aromatic N) is 2. The summed E-state index contributed by atoms with van der Waals surface area (Å²) in [5, 5.41) is 3.30. The fourth-order valence-electron chi connectivity index (χ4n) is 0.0977. The van der Waals surface area contributed by atoms with Crippen LogP contribution in [0.2, 0.25) is 0 Å². The van der Waals surface area contributed by atoms with E-state index in [9.17, 15) is 0 Å². The Morgan fingerprint density at radius 2 is 2.57 bits per heavy atom. The van der Waals surface area contributed by atoms with Crippen molar-refractivity contribution in [1.82, 2.24) is 5.43 Å². The number of hydrogen-bond acceptors (Lipinski definition) is 2. The first-order valence-corrected chi connectivity index (χ1v) is 1.93. The SMILES string of the molecule is C=CNN=[N+](N)[S-]. The molecule has 40 valence electrons. The van der Waals surface area contributed by atoms with Gasteiger partial charge in [-0.3, -0.25) is 5.84 Å². The van der Waals surface area contributed by atoms with Crippen LogP contribution in [0.3, 0.4) is 0 Å². The van der Waals surface area contributed by atoms with Crippen molar-refractivity contribution in [3.8, 4) is 0 Å². The van der Waals surface area contributed by atoms with Gasteiger partial charge in [-0.05, 0) is 0 Å². The molecule has 0 fully saturated rings. The summed E-state index contributed by atoms with van der Waals surface area (Å²) >= 11 is 4.28. The maximum atomic E-state index is 4.85. The third-order valence-electron chi connectivity index (χ3n) is 0.248. The van der Waals surface area contributed by atoms with E-state index in [4.69, 9.17) is 5.84 Å². The summed E-state index contributed by atoms with van der Waals surface area (Å²) in [5.74, 6) is 4.85. The summed E-state index contributed by atoms with van der Waals surface area (Å²) in [6, 6.07) is 0. The summed E-state index contributed by atoms with van der Waals surface area (Å²) < 4.78 is 0.738. The standard InChI is InChI=1S/C2H6N4S/c1-2-4-5-6(3)7/h2,4H,1H2,(H2,3,5). The molecule has 0 rings (SSSR count). The van der Waals surface area contributed by atoms with Crippen LogP contribution in [0.15, 0.2) is 18.0 Å². The maximum Gasteiger partial charge on any atom is 0.104 e. The second kappa shape index (κ2) is 3.35. The molecule has 0 aliphatic heterocycles. The maximum absolute atomic E-state index is 4.85. The van der Waals surface area contributed by atoms with Crippen molar-refractivity contribution in [3.05, 3.63) is 12.8 Å². The van der Waals surface area contributed by atoms with Gasteiger partial charge in [0.2, 0.25) is 0 Å². The molecule has 0 heterocycles. The Kier molecular flexibility index (Phi) is 2.95. The average Bonchev–Trinajstić information content (AvgIpc) is 1.61. The quantitative estimate of drug-likeness (QED) is 0.168. The second-order valence-electron chi connectivity index (χ2n) is 0.736. The first-order chi connectivity index (χ1) is 3.27. The van der Waals surface area contributed by atoms with Gasteiger partial charge < -0.3 is 12.8 Å². The van der Waals surface area contributed by atoms with Crippen LogP contribution in [-0.2, 0) is 12.8 Å². The first-order valence-electron chi connectivity index (χ1n) is 1.56. The molecular formula is C2H6N4S. The largest absolute Gasteiger partial charge is 0.502 e. The Morgan fingerprint density at radius 3 is 2.71 bits per heavy atom. The van der Waals surface area contributed by atoms with Crippen LogP contribution in [0.1, 0.15) is 0 Å². The molecule has 7 heavy (non-hydrogen) atoms. The normalized spacial score (nSPS) is 10.6. The summed E-state index contributed by atoms with van der Waals surface area (Å²) in [6.45, 7) is 3.30. The van der Waals surface area contributed by atoms with Crippen LogP contribution in [-0.4, -0.2) is 4.21 Å². The monoisotopic (exact) mass is 118 g/mol. The number of nitrogens with one attached hydrogen (secondary N) is 1. The van der Waals surface area contributed by atoms with Gasteiger partial charge in [0.05, 0.1) is 5.22 Å². The van der Waals surface area contributed by atoms with Crippen molar-refractivity contribution < 1.29 is 4.21 Å². The molecule has 0 aromatic heterocycles. The van der Waals surface area contributed by atoms with Gasteiger partial charge in [-0.15, -0.1) is 0 Å². The molecule has 0 bridgehead atoms. The van der Waals surface area contributed by atoms with Crippen LogP contribution in [0.25, 0.3) is 0 Å². The molecular weight excluding hydrogens is 112 g/mol. The highest BCUT2D eigenvalue weighted by Gasteiger charge is 1.66. The topological polar surface area (TPSA) is 53.4 Å². The van der Waals surface area contributed by atoms with Crippen LogP contribution < -0.4 is 11.3 Å². The smallest absolute Gasteiger partial charge is 0.104 e. The lowest BCUT2D eigenvalue weighted by atomic mass is 11.1. The number of rotatable bonds is 2. The molecule has 0 spiro atoms. The zero-order chi connectivity index (χ0) is 5.70. The van der Waals surface area contributed by atoms with E-state index in [2.05, 4.69) is 30.0 Å². The zero-order valence-corrected chi connectivity index (χ0v) is 4.48. The molecule has 0 atom stereocenters. The molecule has 0 aromatic rings. The van der Waals surface area contributed by atoms with E-state index in [1.54, 1.807) is 0 Å². The molecule has 4 nitrogen and oxygen atoms in total. The molecule has 3 N–H and O–H groups in total. The second-order valence-corrected chi connectivity index (χ2v) is 1.11. The molecule has 0 amide bonds. The van der Waals surface area contributed by atoms with Gasteiger partial charge in [0, 0.05) is 0 Å². The van der Waals surface area contributed by atoms with Crippen molar-refractivity contribution >= 4 is 12.8 Å². The minimum absolute atomic E-state index is 0.738. The lowest BCUT2D eigenvalue weighted by Gasteiger charge is -1.92. The van der Waals surface area contributed by atoms with E-state index in [0.29, 0.717) is 0 Å². The fraction of sp³-hybridized carbons (Fsp3) is 0. The molecule has 0 aliphatic rings. The van der Waals surface area contributed by atoms with Gasteiger partial charge in [0.25, 0.3) is 0 Å². The van der Waals surface area contributed by atoms with E-state index in [-0.39, 0.29) is 0 Å². The lowest BCUT2D eigenvalue weighted by molar-refractivity contribution is -0.442. The highest BCUT2D eigenvalue weighted by Crippen LogP contribution is 1.55. The van der Waals surface area contributed by atoms with E-state index < -0.39 is 0 Å². The number of hydrazine groups is 1. The third kappa shape index (κ3) is 5.16. The van der Waals surface area contributed by atoms with Crippen LogP contribution in [0.5, 0.6) is 0 Å². The Hall–Kier alpha value is -0.840. The van der Waals surface area contributed by atoms with Gasteiger partial charge in [-0.25, -0.2) is 0 Å². The highest BCUT2D eigenvalue weighted by atomic mass is 32.1. The first kappa shape index (κ1) is 6.16. The number of hydrogen-bond donors (Lipinski definition) is 2. The zero-order valence-electron chi connectivity index (χ0n) is 3.66. The predicted molar refractivity (Wildman–Crippen MR) is 27.6 cm³/mol. The van der Waals surface area contributed by atoms with Crippen LogP contribution in [0, 0.1) is 0 Å². The van der Waals surface area contributed by atoms with E-state index in [0.717, 1.165) is 4.21 Å². The van der Waals surface area contributed by atoms with Gasteiger partial charge in [0.15, 0.2) is 0 Å². The Balaban J connectivity index is 3.25. The Morgan fingerprint density at radius 1 is 2.00 bits per heavy atom. The summed E-state index contributed by atoms with van der Waals surface area (Å²) in [7, 11) is 0. The lowest BCUT2D eigenvalue weighted by Crippen LogP contribution is -2.12. The number of nitrogens with two attached hydrogens (primary N) is 1. The van der Waals surface area contributed by atoms with Crippen molar-refractivity contribution in [1.29, 1.82) is 0 Å². The van der Waals surface area contributed by atoms with Crippen molar-refractivity contribution in [2.24, 2.45) is 11.1 Å². The van der Waals surface area contributed by atoms with Crippen molar-refractivity contribution in [3.63, 3.8) is 0 Å². The predicted octanol–water partition coefficient (Wildman–Crippen LogP) is -0.565. The van der Waals surface area contributed by atoms with Crippen LogP contribution in [0.4, 0.5) is 0 Å². The van der Waals surface area contributed by atoms with E-state index in [1.807, 2.05) is 0 Å². The molecule has 0 unspecified atom stereocenters. The van der Waals surface area contributed by atoms with Crippen molar-refractivity contribution in [2.75, 3.05) is 0 Å². The highest BCUT2D eigenvalue weighted by molar-refractivity contribution is 7.51. The molecule has 0 saturated carbocycles. The van der Waals surface area contributed by atoms with E-state index >= 15 is 0 Å². The summed E-state index contributed by atoms with van der Waals surface area (Å²) in [6.07, 6.45) is 1.37. The molecule has 0 saturated heterocycles. The van der Waals surface area contributed by atoms with Gasteiger partial charge >= 0.3 is 0 Å². The minimum Gasteiger partial charge on any atom is -0.502 e. The summed E-state index contributed by atoms with van der Waals surface area (Å²) in [5.41, 5.74) is 2.33. The molecule has 0 aliphatic carbocycles. The Labute approximate surface area is 47.2 Å². The summed E-state index contributed by atoms with van der Waals surface area (Å²) in [4.78, 5) is 0. The Bertz CT molecular complexity index is 83.7. The van der Waals surface area contributed by atoms with Crippen LogP contribution >= 0.6 is 0 Å². The average molecular weight is 118 g/mol. The molecule has 5 heteroatoms. The third-order valence-corrected chi connectivity index (χ3v) is 0.329. The molecule has 0 radical (unpaired) electrons. The van der Waals surface area contributed by atoms with Gasteiger partial charge in [-0.1, -0.05) is 6.58 Å². The van der Waals surface area contributed by atoms with Gasteiger partial charge in [-0.2, -0.15) is 9.64 Å². The van der Waals surface area contributed by atoms with E-state index in [1.165, 1.54) is 6.20 Å². The van der Waals surface area contributed by atoms with Gasteiger partial charge in [0.1, 0.15) is 6.20 Å². The fourth-order valence-corrected chi connectivity index (χ4v) is 0.145. The molecule has 0 aromatic carbocycles.